The molecule has 1 heterocycles. The standard InChI is InChI=1S/C13H16ClNO5S/c1-8-4-5-15(7-11(8)16)21(19,20)12-6-9(13(17)18)2-3-10(12)14/h2-3,6,8,11,16H,4-5,7H2,1H3,(H,17,18). The summed E-state index contributed by atoms with van der Waals surface area (Å²) in [6.45, 7) is 2.11. The Morgan fingerprint density at radius 1 is 1.43 bits per heavy atom. The summed E-state index contributed by atoms with van der Waals surface area (Å²) in [5.74, 6) is -1.20. The van der Waals surface area contributed by atoms with Crippen molar-refractivity contribution in [3.63, 3.8) is 0 Å². The molecule has 21 heavy (non-hydrogen) atoms. The van der Waals surface area contributed by atoms with Gasteiger partial charge >= 0.3 is 5.97 Å². The number of aromatic carboxylic acids is 1. The van der Waals surface area contributed by atoms with Crippen molar-refractivity contribution in [2.75, 3.05) is 13.1 Å². The van der Waals surface area contributed by atoms with Crippen LogP contribution in [0.1, 0.15) is 23.7 Å². The first-order valence-corrected chi connectivity index (χ1v) is 8.26. The molecular formula is C13H16ClNO5S. The van der Waals surface area contributed by atoms with Crippen LogP contribution in [-0.2, 0) is 10.0 Å². The average Bonchev–Trinajstić information content (AvgIpc) is 2.41. The highest BCUT2D eigenvalue weighted by Crippen LogP contribution is 2.29. The summed E-state index contributed by atoms with van der Waals surface area (Å²) in [7, 11) is -3.93. The second-order valence-electron chi connectivity index (χ2n) is 5.15. The van der Waals surface area contributed by atoms with Crippen LogP contribution in [0.5, 0.6) is 0 Å². The summed E-state index contributed by atoms with van der Waals surface area (Å²) in [5.41, 5.74) is -0.149. The van der Waals surface area contributed by atoms with E-state index in [1.807, 2.05) is 6.92 Å². The van der Waals surface area contributed by atoms with Gasteiger partial charge in [-0.15, -0.1) is 0 Å². The van der Waals surface area contributed by atoms with E-state index in [1.54, 1.807) is 0 Å². The Morgan fingerprint density at radius 2 is 2.10 bits per heavy atom. The van der Waals surface area contributed by atoms with Gasteiger partial charge in [0.05, 0.1) is 16.7 Å². The third kappa shape index (κ3) is 3.21. The maximum atomic E-state index is 12.6. The highest BCUT2D eigenvalue weighted by molar-refractivity contribution is 7.89. The van der Waals surface area contributed by atoms with Crippen molar-refractivity contribution < 1.29 is 23.4 Å². The maximum absolute atomic E-state index is 12.6. The lowest BCUT2D eigenvalue weighted by Gasteiger charge is -2.33. The molecule has 0 aliphatic carbocycles. The van der Waals surface area contributed by atoms with E-state index < -0.39 is 22.1 Å². The molecule has 2 unspecified atom stereocenters. The number of aliphatic hydroxyl groups excluding tert-OH is 1. The molecule has 0 spiro atoms. The van der Waals surface area contributed by atoms with Gasteiger partial charge in [0, 0.05) is 13.1 Å². The molecule has 2 N–H and O–H groups in total. The smallest absolute Gasteiger partial charge is 0.335 e. The summed E-state index contributed by atoms with van der Waals surface area (Å²) in [6.07, 6.45) is -0.202. The number of sulfonamides is 1. The van der Waals surface area contributed by atoms with Crippen molar-refractivity contribution in [3.8, 4) is 0 Å². The van der Waals surface area contributed by atoms with Gasteiger partial charge < -0.3 is 10.2 Å². The van der Waals surface area contributed by atoms with Crippen LogP contribution >= 0.6 is 11.6 Å². The molecule has 1 aromatic carbocycles. The number of carbonyl (C=O) groups is 1. The lowest BCUT2D eigenvalue weighted by molar-refractivity contribution is 0.0605. The van der Waals surface area contributed by atoms with Gasteiger partial charge in [0.15, 0.2) is 0 Å². The molecule has 0 aromatic heterocycles. The minimum atomic E-state index is -3.93. The van der Waals surface area contributed by atoms with E-state index in [0.717, 1.165) is 10.4 Å². The van der Waals surface area contributed by atoms with Gasteiger partial charge in [-0.1, -0.05) is 18.5 Å². The number of hydrogen-bond donors (Lipinski definition) is 2. The molecule has 1 saturated heterocycles. The molecule has 1 aliphatic heterocycles. The normalized spacial score (nSPS) is 24.0. The predicted octanol–water partition coefficient (Wildman–Crippen LogP) is 1.43. The number of carboxylic acid groups (broad SMARTS) is 1. The molecule has 0 amide bonds. The van der Waals surface area contributed by atoms with Crippen LogP contribution in [0.4, 0.5) is 0 Å². The van der Waals surface area contributed by atoms with Crippen molar-refractivity contribution in [2.24, 2.45) is 5.92 Å². The van der Waals surface area contributed by atoms with Crippen molar-refractivity contribution in [3.05, 3.63) is 28.8 Å². The van der Waals surface area contributed by atoms with Crippen LogP contribution in [-0.4, -0.2) is 48.1 Å². The summed E-state index contributed by atoms with van der Waals surface area (Å²) in [6, 6.07) is 3.54. The summed E-state index contributed by atoms with van der Waals surface area (Å²) < 4.78 is 26.3. The van der Waals surface area contributed by atoms with Crippen LogP contribution in [0.3, 0.4) is 0 Å². The van der Waals surface area contributed by atoms with Gasteiger partial charge in [-0.25, -0.2) is 13.2 Å². The largest absolute Gasteiger partial charge is 0.478 e. The zero-order valence-electron chi connectivity index (χ0n) is 11.4. The molecule has 1 aliphatic rings. The summed E-state index contributed by atoms with van der Waals surface area (Å²) in [5, 5.41) is 18.8. The number of β-amino-alcohol motifs (C(OH)–C–C–N with tert-alkyl or cyclic N) is 1. The molecule has 1 fully saturated rings. The number of aliphatic hydroxyl groups is 1. The zero-order valence-corrected chi connectivity index (χ0v) is 12.9. The summed E-state index contributed by atoms with van der Waals surface area (Å²) >= 11 is 5.91. The highest BCUT2D eigenvalue weighted by Gasteiger charge is 2.34. The second-order valence-corrected chi connectivity index (χ2v) is 7.46. The maximum Gasteiger partial charge on any atom is 0.335 e. The van der Waals surface area contributed by atoms with E-state index in [9.17, 15) is 18.3 Å². The first-order valence-electron chi connectivity index (χ1n) is 6.44. The lowest BCUT2D eigenvalue weighted by atomic mass is 9.98. The van der Waals surface area contributed by atoms with E-state index in [1.165, 1.54) is 12.1 Å². The number of rotatable bonds is 3. The average molecular weight is 334 g/mol. The molecule has 116 valence electrons. The van der Waals surface area contributed by atoms with E-state index in [-0.39, 0.29) is 34.5 Å². The van der Waals surface area contributed by atoms with E-state index in [0.29, 0.717) is 6.42 Å². The number of piperidine rings is 1. The molecule has 0 saturated carbocycles. The SMILES string of the molecule is CC1CCN(S(=O)(=O)c2cc(C(=O)O)ccc2Cl)CC1O. The Balaban J connectivity index is 2.40. The number of benzene rings is 1. The predicted molar refractivity (Wildman–Crippen MR) is 77.0 cm³/mol. The Hall–Kier alpha value is -1.15. The van der Waals surface area contributed by atoms with Gasteiger partial charge in [0.25, 0.3) is 0 Å². The zero-order chi connectivity index (χ0) is 15.8. The second kappa shape index (κ2) is 5.92. The van der Waals surface area contributed by atoms with Gasteiger partial charge in [-0.3, -0.25) is 0 Å². The van der Waals surface area contributed by atoms with E-state index >= 15 is 0 Å². The molecule has 8 heteroatoms. The molecule has 0 radical (unpaired) electrons. The summed E-state index contributed by atoms with van der Waals surface area (Å²) in [4.78, 5) is 10.7. The van der Waals surface area contributed by atoms with Crippen LogP contribution in [0.15, 0.2) is 23.1 Å². The number of carboxylic acids is 1. The quantitative estimate of drug-likeness (QED) is 0.872. The number of nitrogens with zero attached hydrogens (tertiary/aromatic N) is 1. The molecule has 2 rings (SSSR count). The Bertz CT molecular complexity index is 661. The Kier molecular flexibility index (Phi) is 4.57. The first kappa shape index (κ1) is 16.2. The topological polar surface area (TPSA) is 94.9 Å². The van der Waals surface area contributed by atoms with Crippen molar-refractivity contribution in [2.45, 2.75) is 24.3 Å². The molecule has 2 atom stereocenters. The molecule has 1 aromatic rings. The van der Waals surface area contributed by atoms with Crippen LogP contribution in [0, 0.1) is 5.92 Å². The van der Waals surface area contributed by atoms with Gasteiger partial charge in [-0.05, 0) is 30.5 Å². The van der Waals surface area contributed by atoms with Crippen LogP contribution < -0.4 is 0 Å². The van der Waals surface area contributed by atoms with Crippen LogP contribution in [0.2, 0.25) is 5.02 Å². The van der Waals surface area contributed by atoms with Gasteiger partial charge in [0.2, 0.25) is 10.0 Å². The Labute approximate surface area is 128 Å². The fraction of sp³-hybridized carbons (Fsp3) is 0.462. The highest BCUT2D eigenvalue weighted by atomic mass is 35.5. The number of halogens is 1. The van der Waals surface area contributed by atoms with E-state index in [2.05, 4.69) is 0 Å². The molecule has 6 nitrogen and oxygen atoms in total. The third-order valence-corrected chi connectivity index (χ3v) is 6.02. The Morgan fingerprint density at radius 3 is 2.67 bits per heavy atom. The van der Waals surface area contributed by atoms with Crippen molar-refractivity contribution >= 4 is 27.6 Å². The van der Waals surface area contributed by atoms with Gasteiger partial charge in [0.1, 0.15) is 4.90 Å². The fourth-order valence-corrected chi connectivity index (χ4v) is 4.18. The molecular weight excluding hydrogens is 318 g/mol. The minimum absolute atomic E-state index is 0.0167. The monoisotopic (exact) mass is 333 g/mol. The number of hydrogen-bond acceptors (Lipinski definition) is 4. The first-order chi connectivity index (χ1) is 9.73. The lowest BCUT2D eigenvalue weighted by Crippen LogP contribution is -2.45. The van der Waals surface area contributed by atoms with Gasteiger partial charge in [-0.2, -0.15) is 4.31 Å². The third-order valence-electron chi connectivity index (χ3n) is 3.68. The molecule has 0 bridgehead atoms. The fourth-order valence-electron chi connectivity index (χ4n) is 2.21. The van der Waals surface area contributed by atoms with Crippen LogP contribution in [0.25, 0.3) is 0 Å². The minimum Gasteiger partial charge on any atom is -0.478 e. The van der Waals surface area contributed by atoms with E-state index in [4.69, 9.17) is 16.7 Å². The van der Waals surface area contributed by atoms with Crippen molar-refractivity contribution in [1.29, 1.82) is 0 Å². The van der Waals surface area contributed by atoms with Crippen molar-refractivity contribution in [1.82, 2.24) is 4.31 Å².